The van der Waals surface area contributed by atoms with E-state index in [0.717, 1.165) is 29.5 Å². The minimum Gasteiger partial charge on any atom is -0.493 e. The summed E-state index contributed by atoms with van der Waals surface area (Å²) in [5.41, 5.74) is 3.02. The number of nitrogens with one attached hydrogen (secondary N) is 1. The van der Waals surface area contributed by atoms with Crippen LogP contribution in [0.25, 0.3) is 0 Å². The fourth-order valence-electron chi connectivity index (χ4n) is 3.68. The number of ether oxygens (including phenoxy) is 2. The molecule has 0 spiro atoms. The summed E-state index contributed by atoms with van der Waals surface area (Å²) in [6.45, 7) is 0. The van der Waals surface area contributed by atoms with Gasteiger partial charge in [-0.05, 0) is 52.1 Å². The van der Waals surface area contributed by atoms with Gasteiger partial charge in [0, 0.05) is 0 Å². The first kappa shape index (κ1) is 18.0. The predicted octanol–water partition coefficient (Wildman–Crippen LogP) is 2.08. The molecule has 1 aliphatic carbocycles. The fraction of sp³-hybridized carbons (Fsp3) is 0.300. The Balaban J connectivity index is 1.62. The van der Waals surface area contributed by atoms with Crippen molar-refractivity contribution >= 4 is 5.91 Å². The van der Waals surface area contributed by atoms with Crippen LogP contribution >= 0.6 is 0 Å². The van der Waals surface area contributed by atoms with Crippen LogP contribution in [-0.2, 0) is 11.2 Å². The van der Waals surface area contributed by atoms with Gasteiger partial charge >= 0.3 is 0 Å². The van der Waals surface area contributed by atoms with Gasteiger partial charge in [-0.2, -0.15) is 0 Å². The molecule has 0 bridgehead atoms. The molecule has 8 nitrogen and oxygen atoms in total. The first-order chi connectivity index (χ1) is 13.7. The number of amides is 1. The van der Waals surface area contributed by atoms with Crippen molar-refractivity contribution in [3.63, 3.8) is 0 Å². The summed E-state index contributed by atoms with van der Waals surface area (Å²) in [6, 6.07) is 12.7. The van der Waals surface area contributed by atoms with Gasteiger partial charge in [0.1, 0.15) is 6.33 Å². The maximum absolute atomic E-state index is 13.2. The Morgan fingerprint density at radius 3 is 2.61 bits per heavy atom. The number of rotatable bonds is 6. The molecule has 2 atom stereocenters. The van der Waals surface area contributed by atoms with Crippen LogP contribution in [0.1, 0.15) is 35.2 Å². The van der Waals surface area contributed by atoms with Crippen molar-refractivity contribution in [3.05, 3.63) is 65.5 Å². The summed E-state index contributed by atoms with van der Waals surface area (Å²) in [4.78, 5) is 13.2. The minimum absolute atomic E-state index is 0.106. The van der Waals surface area contributed by atoms with E-state index < -0.39 is 6.04 Å². The van der Waals surface area contributed by atoms with Crippen LogP contribution in [0.15, 0.2) is 48.8 Å². The van der Waals surface area contributed by atoms with Crippen molar-refractivity contribution in [2.75, 3.05) is 14.2 Å². The third-order valence-corrected chi connectivity index (χ3v) is 5.03. The Hall–Kier alpha value is -3.42. The zero-order valence-corrected chi connectivity index (χ0v) is 15.7. The lowest BCUT2D eigenvalue weighted by atomic mass is 10.0. The first-order valence-corrected chi connectivity index (χ1v) is 9.04. The van der Waals surface area contributed by atoms with Crippen LogP contribution < -0.4 is 14.8 Å². The lowest BCUT2D eigenvalue weighted by molar-refractivity contribution is -0.124. The van der Waals surface area contributed by atoms with Crippen molar-refractivity contribution in [2.24, 2.45) is 0 Å². The van der Waals surface area contributed by atoms with Crippen LogP contribution in [-0.4, -0.2) is 40.3 Å². The SMILES string of the molecule is COc1cc2c(cc1OC)[C@@H](NC(=O)[C@H](c1ccccc1)n1cnnn1)CC2. The summed E-state index contributed by atoms with van der Waals surface area (Å²) >= 11 is 0. The standard InChI is InChI=1S/C20H21N5O3/c1-27-17-10-14-8-9-16(15(14)11-18(17)28-2)22-20(26)19(25-12-21-23-24-25)13-6-4-3-5-7-13/h3-7,10-12,16,19H,8-9H2,1-2H3,(H,22,26)/t16-,19-/m0/s1. The van der Waals surface area contributed by atoms with Gasteiger partial charge in [0.25, 0.3) is 0 Å². The van der Waals surface area contributed by atoms with Gasteiger partial charge in [0.15, 0.2) is 17.5 Å². The molecular formula is C20H21N5O3. The number of tetrazole rings is 1. The van der Waals surface area contributed by atoms with Gasteiger partial charge < -0.3 is 14.8 Å². The highest BCUT2D eigenvalue weighted by Crippen LogP contribution is 2.39. The van der Waals surface area contributed by atoms with Crippen molar-refractivity contribution in [1.82, 2.24) is 25.5 Å². The zero-order chi connectivity index (χ0) is 19.5. The summed E-state index contributed by atoms with van der Waals surface area (Å²) in [7, 11) is 3.23. The van der Waals surface area contributed by atoms with E-state index in [-0.39, 0.29) is 11.9 Å². The fourth-order valence-corrected chi connectivity index (χ4v) is 3.68. The molecule has 0 radical (unpaired) electrons. The van der Waals surface area contributed by atoms with Crippen LogP contribution in [0.2, 0.25) is 0 Å². The Labute approximate surface area is 162 Å². The molecule has 144 valence electrons. The molecule has 0 aliphatic heterocycles. The normalized spacial score (nSPS) is 16.3. The molecule has 3 aromatic rings. The second-order valence-electron chi connectivity index (χ2n) is 6.61. The number of methoxy groups -OCH3 is 2. The molecule has 0 saturated heterocycles. The summed E-state index contributed by atoms with van der Waals surface area (Å²) in [5, 5.41) is 14.5. The van der Waals surface area contributed by atoms with Crippen LogP contribution in [0, 0.1) is 0 Å². The smallest absolute Gasteiger partial charge is 0.250 e. The number of carbonyl (C=O) groups excluding carboxylic acids is 1. The highest BCUT2D eigenvalue weighted by molar-refractivity contribution is 5.84. The molecule has 0 saturated carbocycles. The van der Waals surface area contributed by atoms with E-state index in [0.29, 0.717) is 11.5 Å². The molecule has 1 N–H and O–H groups in total. The molecule has 1 aliphatic rings. The Morgan fingerprint density at radius 2 is 1.93 bits per heavy atom. The monoisotopic (exact) mass is 379 g/mol. The maximum Gasteiger partial charge on any atom is 0.250 e. The second-order valence-corrected chi connectivity index (χ2v) is 6.61. The van der Waals surface area contributed by atoms with Crippen LogP contribution in [0.5, 0.6) is 11.5 Å². The summed E-state index contributed by atoms with van der Waals surface area (Å²) in [5.74, 6) is 1.19. The molecule has 0 fully saturated rings. The molecule has 2 aromatic carbocycles. The average molecular weight is 379 g/mol. The van der Waals surface area contributed by atoms with Gasteiger partial charge in [-0.25, -0.2) is 4.68 Å². The molecule has 8 heteroatoms. The quantitative estimate of drug-likeness (QED) is 0.705. The van der Waals surface area contributed by atoms with Crippen molar-refractivity contribution < 1.29 is 14.3 Å². The Kier molecular flexibility index (Phi) is 4.92. The van der Waals surface area contributed by atoms with Gasteiger partial charge in [0.05, 0.1) is 20.3 Å². The number of carbonyl (C=O) groups is 1. The number of aromatic nitrogens is 4. The van der Waals surface area contributed by atoms with Crippen molar-refractivity contribution in [1.29, 1.82) is 0 Å². The number of benzene rings is 2. The second kappa shape index (κ2) is 7.67. The lowest BCUT2D eigenvalue weighted by Gasteiger charge is -2.21. The number of nitrogens with zero attached hydrogens (tertiary/aromatic N) is 4. The largest absolute Gasteiger partial charge is 0.493 e. The van der Waals surface area contributed by atoms with E-state index in [9.17, 15) is 4.79 Å². The minimum atomic E-state index is -0.639. The number of aryl methyl sites for hydroxylation is 1. The lowest BCUT2D eigenvalue weighted by Crippen LogP contribution is -2.35. The van der Waals surface area contributed by atoms with Gasteiger partial charge in [-0.1, -0.05) is 30.3 Å². The number of hydrogen-bond donors (Lipinski definition) is 1. The molecule has 28 heavy (non-hydrogen) atoms. The maximum atomic E-state index is 13.2. The van der Waals surface area contributed by atoms with Crippen molar-refractivity contribution in [3.8, 4) is 11.5 Å². The molecular weight excluding hydrogens is 358 g/mol. The highest BCUT2D eigenvalue weighted by Gasteiger charge is 2.30. The summed E-state index contributed by atoms with van der Waals surface area (Å²) in [6.07, 6.45) is 3.13. The molecule has 1 heterocycles. The Bertz CT molecular complexity index is 959. The van der Waals surface area contributed by atoms with Crippen molar-refractivity contribution in [2.45, 2.75) is 24.9 Å². The highest BCUT2D eigenvalue weighted by atomic mass is 16.5. The topological polar surface area (TPSA) is 91.2 Å². The third kappa shape index (κ3) is 3.28. The Morgan fingerprint density at radius 1 is 1.18 bits per heavy atom. The molecule has 4 rings (SSSR count). The van der Waals surface area contributed by atoms with E-state index in [4.69, 9.17) is 9.47 Å². The number of fused-ring (bicyclic) bond motifs is 1. The molecule has 0 unspecified atom stereocenters. The first-order valence-electron chi connectivity index (χ1n) is 9.04. The van der Waals surface area contributed by atoms with Gasteiger partial charge in [0.2, 0.25) is 5.91 Å². The summed E-state index contributed by atoms with van der Waals surface area (Å²) < 4.78 is 12.3. The van der Waals surface area contributed by atoms with E-state index in [1.807, 2.05) is 42.5 Å². The third-order valence-electron chi connectivity index (χ3n) is 5.03. The predicted molar refractivity (Wildman–Crippen MR) is 101 cm³/mol. The average Bonchev–Trinajstić information content (AvgIpc) is 3.38. The zero-order valence-electron chi connectivity index (χ0n) is 15.7. The van der Waals surface area contributed by atoms with Crippen LogP contribution in [0.3, 0.4) is 0 Å². The van der Waals surface area contributed by atoms with Gasteiger partial charge in [-0.15, -0.1) is 5.10 Å². The number of hydrogen-bond acceptors (Lipinski definition) is 6. The van der Waals surface area contributed by atoms with E-state index in [1.165, 1.54) is 11.0 Å². The van der Waals surface area contributed by atoms with Crippen LogP contribution in [0.4, 0.5) is 0 Å². The van der Waals surface area contributed by atoms with E-state index in [2.05, 4.69) is 20.8 Å². The molecule has 1 amide bonds. The van der Waals surface area contributed by atoms with Gasteiger partial charge in [-0.3, -0.25) is 4.79 Å². The van der Waals surface area contributed by atoms with E-state index >= 15 is 0 Å². The molecule has 1 aromatic heterocycles. The van der Waals surface area contributed by atoms with E-state index in [1.54, 1.807) is 14.2 Å².